The Hall–Kier alpha value is -2.22. The van der Waals surface area contributed by atoms with E-state index in [4.69, 9.17) is 5.11 Å². The summed E-state index contributed by atoms with van der Waals surface area (Å²) in [6.45, 7) is 3.48. The molecular weight excluding hydrogens is 281 g/mol. The lowest BCUT2D eigenvalue weighted by molar-refractivity contribution is -0.385. The second-order valence-electron chi connectivity index (χ2n) is 5.09. The molecule has 2 rings (SSSR count). The molecule has 0 saturated carbocycles. The fourth-order valence-corrected chi connectivity index (χ4v) is 2.48. The average Bonchev–Trinajstić information content (AvgIpc) is 2.40. The zero-order valence-electron chi connectivity index (χ0n) is 11.5. The molecule has 7 nitrogen and oxygen atoms in total. The molecule has 114 valence electrons. The van der Waals surface area contributed by atoms with Crippen molar-refractivity contribution in [2.45, 2.75) is 19.5 Å². The number of rotatable bonds is 3. The Morgan fingerprint density at radius 1 is 1.52 bits per heavy atom. The number of piperazine rings is 1. The smallest absolute Gasteiger partial charge is 0.407 e. The van der Waals surface area contributed by atoms with Gasteiger partial charge < -0.3 is 10.0 Å². The number of nitro benzene ring substituents is 1. The molecule has 0 aliphatic carbocycles. The highest BCUT2D eigenvalue weighted by atomic mass is 19.1. The monoisotopic (exact) mass is 297 g/mol. The van der Waals surface area contributed by atoms with Gasteiger partial charge in [0.1, 0.15) is 5.82 Å². The van der Waals surface area contributed by atoms with E-state index in [9.17, 15) is 19.3 Å². The topological polar surface area (TPSA) is 86.9 Å². The maximum Gasteiger partial charge on any atom is 0.407 e. The molecule has 1 saturated heterocycles. The van der Waals surface area contributed by atoms with Gasteiger partial charge in [-0.25, -0.2) is 9.18 Å². The third-order valence-electron chi connectivity index (χ3n) is 3.60. The molecule has 0 bridgehead atoms. The minimum atomic E-state index is -0.955. The van der Waals surface area contributed by atoms with Crippen LogP contribution in [-0.2, 0) is 6.54 Å². The van der Waals surface area contributed by atoms with E-state index < -0.39 is 16.8 Å². The van der Waals surface area contributed by atoms with Gasteiger partial charge in [0.25, 0.3) is 5.69 Å². The van der Waals surface area contributed by atoms with Crippen LogP contribution in [0.2, 0.25) is 0 Å². The van der Waals surface area contributed by atoms with Crippen molar-refractivity contribution in [1.29, 1.82) is 0 Å². The lowest BCUT2D eigenvalue weighted by Gasteiger charge is -2.38. The van der Waals surface area contributed by atoms with Crippen molar-refractivity contribution in [3.8, 4) is 0 Å². The van der Waals surface area contributed by atoms with Crippen LogP contribution in [0.25, 0.3) is 0 Å². The largest absolute Gasteiger partial charge is 0.465 e. The quantitative estimate of drug-likeness (QED) is 0.680. The number of halogens is 1. The van der Waals surface area contributed by atoms with Gasteiger partial charge in [-0.3, -0.25) is 15.0 Å². The first-order valence-corrected chi connectivity index (χ1v) is 6.53. The predicted octanol–water partition coefficient (Wildman–Crippen LogP) is 1.92. The fourth-order valence-electron chi connectivity index (χ4n) is 2.48. The van der Waals surface area contributed by atoms with Crippen molar-refractivity contribution in [2.75, 3.05) is 19.6 Å². The molecule has 1 aliphatic rings. The van der Waals surface area contributed by atoms with Crippen LogP contribution >= 0.6 is 0 Å². The van der Waals surface area contributed by atoms with Crippen LogP contribution < -0.4 is 0 Å². The molecule has 1 N–H and O–H groups in total. The molecule has 0 aromatic heterocycles. The lowest BCUT2D eigenvalue weighted by Crippen LogP contribution is -2.53. The van der Waals surface area contributed by atoms with E-state index in [1.807, 2.05) is 4.90 Å². The number of nitrogens with zero attached hydrogens (tertiary/aromatic N) is 3. The Bertz CT molecular complexity index is 566. The molecule has 1 atom stereocenters. The van der Waals surface area contributed by atoms with E-state index >= 15 is 0 Å². The van der Waals surface area contributed by atoms with Gasteiger partial charge in [-0.1, -0.05) is 0 Å². The number of carboxylic acid groups (broad SMARTS) is 1. The number of benzene rings is 1. The van der Waals surface area contributed by atoms with Gasteiger partial charge in [0.15, 0.2) is 0 Å². The zero-order valence-corrected chi connectivity index (χ0v) is 11.5. The summed E-state index contributed by atoms with van der Waals surface area (Å²) in [5.41, 5.74) is 0.0943. The van der Waals surface area contributed by atoms with Crippen molar-refractivity contribution >= 4 is 11.8 Å². The van der Waals surface area contributed by atoms with E-state index in [0.717, 1.165) is 6.07 Å². The van der Waals surface area contributed by atoms with Crippen LogP contribution in [0.5, 0.6) is 0 Å². The Labute approximate surface area is 120 Å². The van der Waals surface area contributed by atoms with Crippen LogP contribution in [0.1, 0.15) is 12.5 Å². The summed E-state index contributed by atoms with van der Waals surface area (Å²) in [7, 11) is 0. The van der Waals surface area contributed by atoms with Crippen LogP contribution in [0.4, 0.5) is 14.9 Å². The summed E-state index contributed by atoms with van der Waals surface area (Å²) >= 11 is 0. The van der Waals surface area contributed by atoms with E-state index in [1.165, 1.54) is 17.0 Å². The lowest BCUT2D eigenvalue weighted by atomic mass is 10.1. The summed E-state index contributed by atoms with van der Waals surface area (Å²) in [6.07, 6.45) is -0.955. The summed E-state index contributed by atoms with van der Waals surface area (Å²) in [6, 6.07) is 3.42. The molecule has 8 heteroatoms. The van der Waals surface area contributed by atoms with Gasteiger partial charge in [0.05, 0.1) is 11.0 Å². The molecule has 1 aliphatic heterocycles. The third-order valence-corrected chi connectivity index (χ3v) is 3.60. The number of amides is 1. The average molecular weight is 297 g/mol. The summed E-state index contributed by atoms with van der Waals surface area (Å²) in [5.74, 6) is -0.613. The molecule has 1 aromatic carbocycles. The first-order valence-electron chi connectivity index (χ1n) is 6.53. The maximum atomic E-state index is 13.8. The Morgan fingerprint density at radius 2 is 2.24 bits per heavy atom. The molecule has 21 heavy (non-hydrogen) atoms. The van der Waals surface area contributed by atoms with Crippen LogP contribution in [-0.4, -0.2) is 51.6 Å². The number of non-ortho nitro benzene ring substituents is 1. The van der Waals surface area contributed by atoms with Gasteiger partial charge in [-0.15, -0.1) is 0 Å². The van der Waals surface area contributed by atoms with Crippen molar-refractivity contribution in [2.24, 2.45) is 0 Å². The number of hydrogen-bond acceptors (Lipinski definition) is 4. The van der Waals surface area contributed by atoms with Crippen LogP contribution in [0, 0.1) is 15.9 Å². The highest BCUT2D eigenvalue weighted by Gasteiger charge is 2.27. The third kappa shape index (κ3) is 3.46. The number of nitro groups is 1. The van der Waals surface area contributed by atoms with Crippen molar-refractivity contribution in [1.82, 2.24) is 9.80 Å². The molecule has 1 fully saturated rings. The molecule has 1 heterocycles. The Balaban J connectivity index is 2.03. The van der Waals surface area contributed by atoms with Crippen LogP contribution in [0.15, 0.2) is 18.2 Å². The normalized spacial score (nSPS) is 19.5. The molecular formula is C13H16FN3O4. The Morgan fingerprint density at radius 3 is 2.76 bits per heavy atom. The highest BCUT2D eigenvalue weighted by molar-refractivity contribution is 5.65. The van der Waals surface area contributed by atoms with Crippen molar-refractivity contribution < 1.29 is 19.2 Å². The van der Waals surface area contributed by atoms with E-state index in [1.54, 1.807) is 6.92 Å². The van der Waals surface area contributed by atoms with Gasteiger partial charge >= 0.3 is 6.09 Å². The summed E-state index contributed by atoms with van der Waals surface area (Å²) < 4.78 is 13.8. The SMILES string of the molecule is C[C@H]1CN(Cc2ccc([N+](=O)[O-])cc2F)CCN1C(=O)O. The first kappa shape index (κ1) is 15.2. The van der Waals surface area contributed by atoms with Gasteiger partial charge in [0.2, 0.25) is 0 Å². The van der Waals surface area contributed by atoms with E-state index in [2.05, 4.69) is 0 Å². The number of hydrogen-bond donors (Lipinski definition) is 1. The first-order chi connectivity index (χ1) is 9.88. The molecule has 0 spiro atoms. The highest BCUT2D eigenvalue weighted by Crippen LogP contribution is 2.19. The molecule has 0 radical (unpaired) electrons. The van der Waals surface area contributed by atoms with E-state index in [-0.39, 0.29) is 11.7 Å². The van der Waals surface area contributed by atoms with E-state index in [0.29, 0.717) is 31.7 Å². The van der Waals surface area contributed by atoms with Crippen LogP contribution in [0.3, 0.4) is 0 Å². The molecule has 0 unspecified atom stereocenters. The predicted molar refractivity (Wildman–Crippen MR) is 72.5 cm³/mol. The second kappa shape index (κ2) is 6.04. The summed E-state index contributed by atoms with van der Waals surface area (Å²) in [4.78, 5) is 24.2. The van der Waals surface area contributed by atoms with Gasteiger partial charge in [0, 0.05) is 43.9 Å². The minimum Gasteiger partial charge on any atom is -0.465 e. The minimum absolute atomic E-state index is 0.169. The Kier molecular flexibility index (Phi) is 4.37. The summed E-state index contributed by atoms with van der Waals surface area (Å²) in [5, 5.41) is 19.6. The fraction of sp³-hybridized carbons (Fsp3) is 0.462. The molecule has 1 amide bonds. The zero-order chi connectivity index (χ0) is 15.6. The molecule has 1 aromatic rings. The number of carbonyl (C=O) groups is 1. The van der Waals surface area contributed by atoms with Gasteiger partial charge in [-0.2, -0.15) is 0 Å². The standard InChI is InChI=1S/C13H16FN3O4/c1-9-7-15(4-5-16(9)13(18)19)8-10-2-3-11(17(20)21)6-12(10)14/h2-3,6,9H,4-5,7-8H2,1H3,(H,18,19)/t9-/m0/s1. The van der Waals surface area contributed by atoms with Gasteiger partial charge in [-0.05, 0) is 13.0 Å². The second-order valence-corrected chi connectivity index (χ2v) is 5.09. The maximum absolute atomic E-state index is 13.8. The van der Waals surface area contributed by atoms with Crippen molar-refractivity contribution in [3.63, 3.8) is 0 Å². The van der Waals surface area contributed by atoms with Crippen molar-refractivity contribution in [3.05, 3.63) is 39.7 Å².